The number of carbonyl (C=O) groups excluding carboxylic acids is 1. The second-order valence-electron chi connectivity index (χ2n) is 7.39. The van der Waals surface area contributed by atoms with E-state index in [-0.39, 0.29) is 17.3 Å². The van der Waals surface area contributed by atoms with Gasteiger partial charge in [-0.15, -0.1) is 0 Å². The monoisotopic (exact) mass is 331 g/mol. The van der Waals surface area contributed by atoms with Crippen molar-refractivity contribution in [2.24, 2.45) is 16.5 Å². The zero-order valence-electron chi connectivity index (χ0n) is 14.8. The molecule has 1 N–H and O–H groups in total. The van der Waals surface area contributed by atoms with Gasteiger partial charge in [0.1, 0.15) is 5.75 Å². The normalized spacial score (nSPS) is 33.5. The molecule has 0 aromatic heterocycles. The zero-order chi connectivity index (χ0) is 17.5. The molecule has 0 amide bonds. The Morgan fingerprint density at radius 3 is 2.67 bits per heavy atom. The number of oxime groups is 1. The number of hydrogen-bond acceptors (Lipinski definition) is 5. The van der Waals surface area contributed by atoms with Gasteiger partial charge >= 0.3 is 5.97 Å². The Balaban J connectivity index is 2.20. The first-order valence-electron chi connectivity index (χ1n) is 8.39. The van der Waals surface area contributed by atoms with Gasteiger partial charge in [-0.25, -0.2) is 0 Å². The summed E-state index contributed by atoms with van der Waals surface area (Å²) in [7, 11) is 3.09. The fourth-order valence-corrected chi connectivity index (χ4v) is 4.90. The molecule has 0 bridgehead atoms. The third kappa shape index (κ3) is 2.21. The van der Waals surface area contributed by atoms with Crippen LogP contribution in [0.2, 0.25) is 0 Å². The molecular weight excluding hydrogens is 306 g/mol. The van der Waals surface area contributed by atoms with E-state index in [1.54, 1.807) is 7.11 Å². The molecule has 3 unspecified atom stereocenters. The van der Waals surface area contributed by atoms with Gasteiger partial charge in [-0.1, -0.05) is 18.5 Å². The highest BCUT2D eigenvalue weighted by atomic mass is 16.5. The number of ether oxygens (including phenoxy) is 2. The van der Waals surface area contributed by atoms with Crippen LogP contribution >= 0.6 is 0 Å². The summed E-state index contributed by atoms with van der Waals surface area (Å²) in [6.45, 7) is 4.20. The molecule has 2 aliphatic carbocycles. The van der Waals surface area contributed by atoms with Gasteiger partial charge < -0.3 is 14.7 Å². The van der Waals surface area contributed by atoms with Gasteiger partial charge in [0, 0.05) is 5.56 Å². The van der Waals surface area contributed by atoms with Crippen LogP contribution in [0.15, 0.2) is 23.4 Å². The van der Waals surface area contributed by atoms with E-state index in [0.29, 0.717) is 12.1 Å². The van der Waals surface area contributed by atoms with E-state index in [1.165, 1.54) is 7.11 Å². The molecule has 0 heterocycles. The Morgan fingerprint density at radius 2 is 2.04 bits per heavy atom. The molecule has 5 heteroatoms. The van der Waals surface area contributed by atoms with Crippen LogP contribution in [0.1, 0.15) is 50.7 Å². The van der Waals surface area contributed by atoms with E-state index in [1.807, 2.05) is 25.1 Å². The van der Waals surface area contributed by atoms with Crippen LogP contribution in [0.25, 0.3) is 0 Å². The van der Waals surface area contributed by atoms with Crippen molar-refractivity contribution in [3.05, 3.63) is 29.3 Å². The Morgan fingerprint density at radius 1 is 1.29 bits per heavy atom. The summed E-state index contributed by atoms with van der Waals surface area (Å²) in [5.74, 6) is 0.622. The molecule has 130 valence electrons. The van der Waals surface area contributed by atoms with E-state index in [0.717, 1.165) is 36.1 Å². The number of carbonyl (C=O) groups is 1. The minimum Gasteiger partial charge on any atom is -0.497 e. The Kier molecular flexibility index (Phi) is 4.06. The Hall–Kier alpha value is -2.04. The third-order valence-electron chi connectivity index (χ3n) is 6.25. The van der Waals surface area contributed by atoms with Crippen molar-refractivity contribution in [3.8, 4) is 5.75 Å². The number of hydrogen-bond donors (Lipinski definition) is 1. The van der Waals surface area contributed by atoms with E-state index in [9.17, 15) is 10.0 Å². The molecule has 1 aromatic carbocycles. The Bertz CT molecular complexity index is 699. The molecule has 0 aliphatic heterocycles. The van der Waals surface area contributed by atoms with Crippen molar-refractivity contribution in [1.82, 2.24) is 0 Å². The molecule has 3 rings (SSSR count). The molecule has 3 atom stereocenters. The maximum Gasteiger partial charge on any atom is 0.311 e. The second kappa shape index (κ2) is 5.80. The van der Waals surface area contributed by atoms with E-state index in [4.69, 9.17) is 9.47 Å². The molecular formula is C19H25NO4. The van der Waals surface area contributed by atoms with Crippen LogP contribution in [-0.2, 0) is 14.9 Å². The summed E-state index contributed by atoms with van der Waals surface area (Å²) >= 11 is 0. The number of methoxy groups -OCH3 is 2. The summed E-state index contributed by atoms with van der Waals surface area (Å²) < 4.78 is 10.5. The van der Waals surface area contributed by atoms with Gasteiger partial charge in [-0.05, 0) is 61.3 Å². The maximum absolute atomic E-state index is 12.6. The van der Waals surface area contributed by atoms with Gasteiger partial charge in [0.2, 0.25) is 0 Å². The molecule has 1 saturated carbocycles. The molecule has 0 radical (unpaired) electrons. The van der Waals surface area contributed by atoms with Crippen LogP contribution in [0.4, 0.5) is 0 Å². The van der Waals surface area contributed by atoms with Gasteiger partial charge in [0.15, 0.2) is 0 Å². The van der Waals surface area contributed by atoms with E-state index in [2.05, 4.69) is 12.1 Å². The summed E-state index contributed by atoms with van der Waals surface area (Å²) in [6.07, 6.45) is 3.31. The lowest BCUT2D eigenvalue weighted by atomic mass is 9.49. The standard InChI is InChI=1S/C19H25NO4/c1-18-8-5-9-19(2,17(21)24-4)16(18)11-15(20-22)13-7-6-12(23-3)10-14(13)18/h6-7,10,16,22H,5,8-9,11H2,1-4H3/b20-15+. The average molecular weight is 331 g/mol. The first-order chi connectivity index (χ1) is 11.4. The summed E-state index contributed by atoms with van der Waals surface area (Å²) in [6, 6.07) is 5.86. The molecule has 0 saturated heterocycles. The number of fused-ring (bicyclic) bond motifs is 3. The predicted molar refractivity (Wildman–Crippen MR) is 90.8 cm³/mol. The molecule has 0 spiro atoms. The second-order valence-corrected chi connectivity index (χ2v) is 7.39. The zero-order valence-corrected chi connectivity index (χ0v) is 14.8. The van der Waals surface area contributed by atoms with Crippen molar-refractivity contribution in [2.45, 2.75) is 44.9 Å². The van der Waals surface area contributed by atoms with Gasteiger partial charge in [0.25, 0.3) is 0 Å². The number of benzene rings is 1. The smallest absolute Gasteiger partial charge is 0.311 e. The van der Waals surface area contributed by atoms with Crippen LogP contribution in [0.3, 0.4) is 0 Å². The van der Waals surface area contributed by atoms with Crippen LogP contribution in [-0.4, -0.2) is 31.1 Å². The maximum atomic E-state index is 12.6. The van der Waals surface area contributed by atoms with E-state index >= 15 is 0 Å². The summed E-state index contributed by atoms with van der Waals surface area (Å²) in [5, 5.41) is 13.1. The van der Waals surface area contributed by atoms with E-state index < -0.39 is 5.41 Å². The highest BCUT2D eigenvalue weighted by Crippen LogP contribution is 2.58. The number of esters is 1. The third-order valence-corrected chi connectivity index (χ3v) is 6.25. The minimum atomic E-state index is -0.585. The predicted octanol–water partition coefficient (Wildman–Crippen LogP) is 3.51. The average Bonchev–Trinajstić information content (AvgIpc) is 2.60. The molecule has 1 fully saturated rings. The van der Waals surface area contributed by atoms with Crippen molar-refractivity contribution >= 4 is 11.7 Å². The fraction of sp³-hybridized carbons (Fsp3) is 0.579. The number of rotatable bonds is 2. The fourth-order valence-electron chi connectivity index (χ4n) is 4.90. The molecule has 1 aromatic rings. The quantitative estimate of drug-likeness (QED) is 0.511. The van der Waals surface area contributed by atoms with Gasteiger partial charge in [-0.3, -0.25) is 4.79 Å². The lowest BCUT2D eigenvalue weighted by Gasteiger charge is -2.53. The highest BCUT2D eigenvalue weighted by Gasteiger charge is 2.57. The molecule has 24 heavy (non-hydrogen) atoms. The first kappa shape index (κ1) is 16.8. The van der Waals surface area contributed by atoms with Crippen LogP contribution in [0.5, 0.6) is 5.75 Å². The first-order valence-corrected chi connectivity index (χ1v) is 8.39. The molecule has 2 aliphatic rings. The van der Waals surface area contributed by atoms with Crippen molar-refractivity contribution in [1.29, 1.82) is 0 Å². The van der Waals surface area contributed by atoms with Gasteiger partial charge in [-0.2, -0.15) is 0 Å². The Labute approximate surface area is 142 Å². The lowest BCUT2D eigenvalue weighted by Crippen LogP contribution is -2.53. The van der Waals surface area contributed by atoms with Crippen molar-refractivity contribution in [2.75, 3.05) is 14.2 Å². The topological polar surface area (TPSA) is 68.1 Å². The van der Waals surface area contributed by atoms with Crippen molar-refractivity contribution < 1.29 is 19.5 Å². The van der Waals surface area contributed by atoms with Crippen LogP contribution in [0, 0.1) is 11.3 Å². The summed E-state index contributed by atoms with van der Waals surface area (Å²) in [5.41, 5.74) is 1.91. The van der Waals surface area contributed by atoms with Crippen LogP contribution < -0.4 is 4.74 Å². The highest BCUT2D eigenvalue weighted by molar-refractivity contribution is 6.04. The minimum absolute atomic E-state index is 0.0247. The summed E-state index contributed by atoms with van der Waals surface area (Å²) in [4.78, 5) is 12.6. The lowest BCUT2D eigenvalue weighted by molar-refractivity contribution is -0.160. The number of nitrogens with zero attached hydrogens (tertiary/aromatic N) is 1. The van der Waals surface area contributed by atoms with Crippen molar-refractivity contribution in [3.63, 3.8) is 0 Å². The van der Waals surface area contributed by atoms with Gasteiger partial charge in [0.05, 0.1) is 25.3 Å². The SMILES string of the molecule is COC(=O)C1(C)CCCC2(C)c3cc(OC)ccc3/C(=N/O)CC12. The molecule has 5 nitrogen and oxygen atoms in total. The largest absolute Gasteiger partial charge is 0.497 e.